The van der Waals surface area contributed by atoms with Crippen LogP contribution in [0.2, 0.25) is 0 Å². The Kier molecular flexibility index (Phi) is 13.6. The van der Waals surface area contributed by atoms with E-state index in [1.807, 2.05) is 6.07 Å². The van der Waals surface area contributed by atoms with E-state index in [-0.39, 0.29) is 0 Å². The molecule has 0 saturated carbocycles. The van der Waals surface area contributed by atoms with Crippen molar-refractivity contribution in [3.05, 3.63) is 61.4 Å². The van der Waals surface area contributed by atoms with Gasteiger partial charge in [0.2, 0.25) is 0 Å². The molecule has 49 heavy (non-hydrogen) atoms. The molecule has 0 spiro atoms. The molecule has 0 bridgehead atoms. The molecule has 2 saturated heterocycles. The van der Waals surface area contributed by atoms with Crippen LogP contribution in [0.5, 0.6) is 35.0 Å². The number of methoxy groups -OCH3 is 2. The number of hydrogen-bond acceptors (Lipinski definition) is 16. The molecule has 262 valence electrons. The zero-order valence-corrected chi connectivity index (χ0v) is 28.2. The highest BCUT2D eigenvalue weighted by Gasteiger charge is 2.23. The highest BCUT2D eigenvalue weighted by molar-refractivity contribution is 5.49. The molecule has 2 N–H and O–H groups in total. The largest absolute Gasteiger partial charge is 0.484 e. The van der Waals surface area contributed by atoms with Gasteiger partial charge in [-0.05, 0) is 31.2 Å². The summed E-state index contributed by atoms with van der Waals surface area (Å²) in [7, 11) is 3.12. The van der Waals surface area contributed by atoms with Gasteiger partial charge in [-0.1, -0.05) is 0 Å². The minimum absolute atomic E-state index is 0.337. The number of hydrogen-bond donors (Lipinski definition) is 2. The van der Waals surface area contributed by atoms with Crippen molar-refractivity contribution in [3.8, 4) is 35.0 Å². The second kappa shape index (κ2) is 18.9. The Morgan fingerprint density at radius 1 is 0.592 bits per heavy atom. The van der Waals surface area contributed by atoms with E-state index in [9.17, 15) is 0 Å². The molecule has 6 rings (SSSR count). The van der Waals surface area contributed by atoms with Crippen LogP contribution in [0, 0.1) is 0 Å². The van der Waals surface area contributed by atoms with Crippen molar-refractivity contribution in [3.63, 3.8) is 0 Å². The summed E-state index contributed by atoms with van der Waals surface area (Å²) in [6, 6.07) is 7.54. The predicted octanol–water partition coefficient (Wildman–Crippen LogP) is 1.88. The van der Waals surface area contributed by atoms with Gasteiger partial charge in [0.15, 0.2) is 23.1 Å². The Balaban J connectivity index is 0.000000191. The Morgan fingerprint density at radius 3 is 1.65 bits per heavy atom. The van der Waals surface area contributed by atoms with Gasteiger partial charge in [0.25, 0.3) is 23.5 Å². The summed E-state index contributed by atoms with van der Waals surface area (Å²) in [5.41, 5.74) is 0. The first-order valence-corrected chi connectivity index (χ1v) is 16.2. The number of nitrogens with zero attached hydrogens (tertiary/aromatic N) is 8. The van der Waals surface area contributed by atoms with Gasteiger partial charge in [-0.2, -0.15) is 0 Å². The number of aromatic nitrogens is 6. The Labute approximate surface area is 286 Å². The van der Waals surface area contributed by atoms with Crippen molar-refractivity contribution in [1.82, 2.24) is 40.5 Å². The van der Waals surface area contributed by atoms with Gasteiger partial charge in [-0.25, -0.2) is 29.9 Å². The number of ether oxygens (including phenoxy) is 6. The molecule has 4 aromatic rings. The first-order chi connectivity index (χ1) is 24.2. The summed E-state index contributed by atoms with van der Waals surface area (Å²) in [5, 5.41) is 6.68. The van der Waals surface area contributed by atoms with E-state index in [0.717, 1.165) is 57.4 Å². The maximum absolute atomic E-state index is 5.81. The van der Waals surface area contributed by atoms with Crippen molar-refractivity contribution in [2.75, 3.05) is 96.3 Å². The van der Waals surface area contributed by atoms with E-state index in [1.54, 1.807) is 69.6 Å². The third-order valence-corrected chi connectivity index (χ3v) is 7.50. The van der Waals surface area contributed by atoms with Crippen LogP contribution in [0.3, 0.4) is 0 Å². The number of rotatable bonds is 14. The molecule has 2 aliphatic heterocycles. The fourth-order valence-corrected chi connectivity index (χ4v) is 5.14. The summed E-state index contributed by atoms with van der Waals surface area (Å²) in [6.07, 6.45) is 9.95. The lowest BCUT2D eigenvalue weighted by Crippen LogP contribution is -2.50. The third-order valence-electron chi connectivity index (χ3n) is 7.50. The molecule has 2 aliphatic rings. The third kappa shape index (κ3) is 10.1. The lowest BCUT2D eigenvalue weighted by molar-refractivity contribution is 0.204. The minimum atomic E-state index is 0.337. The summed E-state index contributed by atoms with van der Waals surface area (Å²) in [4.78, 5) is 30.0. The molecule has 16 nitrogen and oxygen atoms in total. The first-order valence-electron chi connectivity index (χ1n) is 16.2. The van der Waals surface area contributed by atoms with Crippen molar-refractivity contribution in [2.24, 2.45) is 0 Å². The lowest BCUT2D eigenvalue weighted by atomic mass is 10.2. The van der Waals surface area contributed by atoms with Gasteiger partial charge < -0.3 is 48.9 Å². The topological polar surface area (TPSA) is 163 Å². The summed E-state index contributed by atoms with van der Waals surface area (Å²) >= 11 is 0. The molecule has 0 aromatic carbocycles. The SMILES string of the molecule is COc1ncccc1OCCOc1nccnc1N1CCNCC1.COc1ncccc1OCCOc1nccnc1N1CCNCC1C. The summed E-state index contributed by atoms with van der Waals surface area (Å²) < 4.78 is 33.2. The number of anilines is 2. The second-order valence-corrected chi connectivity index (χ2v) is 10.8. The Hall–Kier alpha value is -5.22. The van der Waals surface area contributed by atoms with Crippen LogP contribution in [0.4, 0.5) is 11.6 Å². The molecule has 0 amide bonds. The zero-order valence-electron chi connectivity index (χ0n) is 28.2. The van der Waals surface area contributed by atoms with E-state index in [4.69, 9.17) is 28.4 Å². The monoisotopic (exact) mass is 676 g/mol. The molecule has 6 heterocycles. The van der Waals surface area contributed by atoms with E-state index >= 15 is 0 Å². The molecule has 0 aliphatic carbocycles. The number of piperazine rings is 2. The molecular formula is C33H44N10O6. The Morgan fingerprint density at radius 2 is 1.08 bits per heavy atom. The standard InChI is InChI=1S/C17H23N5O3.C16H21N5O3/c1-13-12-18-8-9-22(13)15-17(21-7-6-19-15)25-11-10-24-14-4-3-5-20-16(14)23-2;1-22-15-13(3-2-4-19-15)23-11-12-24-16-14(18-5-6-20-16)21-9-7-17-8-10-21/h3-7,13,18H,8-12H2,1-2H3;2-6,17H,7-12H2,1H3. The first kappa shape index (κ1) is 35.1. The molecule has 1 atom stereocenters. The average molecular weight is 677 g/mol. The minimum Gasteiger partial charge on any atom is -0.484 e. The van der Waals surface area contributed by atoms with Crippen LogP contribution in [0.15, 0.2) is 61.4 Å². The maximum atomic E-state index is 5.81. The highest BCUT2D eigenvalue weighted by atomic mass is 16.6. The predicted molar refractivity (Wildman–Crippen MR) is 182 cm³/mol. The second-order valence-electron chi connectivity index (χ2n) is 10.8. The molecular weight excluding hydrogens is 632 g/mol. The fraction of sp³-hybridized carbons (Fsp3) is 0.455. The highest BCUT2D eigenvalue weighted by Crippen LogP contribution is 2.27. The molecule has 1 unspecified atom stereocenters. The van der Waals surface area contributed by atoms with Crippen molar-refractivity contribution in [2.45, 2.75) is 13.0 Å². The van der Waals surface area contributed by atoms with Crippen LogP contribution >= 0.6 is 0 Å². The van der Waals surface area contributed by atoms with Gasteiger partial charge >= 0.3 is 0 Å². The van der Waals surface area contributed by atoms with Gasteiger partial charge in [0.05, 0.1) is 14.2 Å². The molecule has 16 heteroatoms. The van der Waals surface area contributed by atoms with Crippen molar-refractivity contribution in [1.29, 1.82) is 0 Å². The van der Waals surface area contributed by atoms with Gasteiger partial charge in [0.1, 0.15) is 26.4 Å². The van der Waals surface area contributed by atoms with E-state index in [0.29, 0.717) is 67.5 Å². The normalized spacial score (nSPS) is 15.8. The van der Waals surface area contributed by atoms with E-state index < -0.39 is 0 Å². The van der Waals surface area contributed by atoms with Crippen LogP contribution < -0.4 is 48.9 Å². The van der Waals surface area contributed by atoms with Gasteiger partial charge in [0, 0.05) is 89.0 Å². The van der Waals surface area contributed by atoms with Gasteiger partial charge in [-0.3, -0.25) is 0 Å². The van der Waals surface area contributed by atoms with Crippen molar-refractivity contribution < 1.29 is 28.4 Å². The number of pyridine rings is 2. The van der Waals surface area contributed by atoms with E-state index in [2.05, 4.69) is 57.3 Å². The quantitative estimate of drug-likeness (QED) is 0.186. The van der Waals surface area contributed by atoms with Crippen LogP contribution in [0.25, 0.3) is 0 Å². The van der Waals surface area contributed by atoms with Crippen LogP contribution in [-0.4, -0.2) is 122 Å². The smallest absolute Gasteiger partial charge is 0.257 e. The maximum Gasteiger partial charge on any atom is 0.257 e. The fourth-order valence-electron chi connectivity index (χ4n) is 5.14. The number of nitrogens with one attached hydrogen (secondary N) is 2. The van der Waals surface area contributed by atoms with Gasteiger partial charge in [-0.15, -0.1) is 0 Å². The zero-order chi connectivity index (χ0) is 34.1. The Bertz CT molecular complexity index is 1560. The van der Waals surface area contributed by atoms with Crippen LogP contribution in [0.1, 0.15) is 6.92 Å². The van der Waals surface area contributed by atoms with Crippen LogP contribution in [-0.2, 0) is 0 Å². The summed E-state index contributed by atoms with van der Waals surface area (Å²) in [5.74, 6) is 4.69. The average Bonchev–Trinajstić information content (AvgIpc) is 3.16. The van der Waals surface area contributed by atoms with Crippen molar-refractivity contribution >= 4 is 11.6 Å². The molecule has 2 fully saturated rings. The molecule has 4 aromatic heterocycles. The van der Waals surface area contributed by atoms with E-state index in [1.165, 1.54) is 0 Å². The lowest BCUT2D eigenvalue weighted by Gasteiger charge is -2.35. The molecule has 0 radical (unpaired) electrons. The summed E-state index contributed by atoms with van der Waals surface area (Å²) in [6.45, 7) is 9.93.